The summed E-state index contributed by atoms with van der Waals surface area (Å²) >= 11 is 0. The van der Waals surface area contributed by atoms with Crippen LogP contribution in [-0.4, -0.2) is 50.7 Å². The van der Waals surface area contributed by atoms with Gasteiger partial charge in [0.25, 0.3) is 0 Å². The molecule has 1 aromatic carbocycles. The lowest BCUT2D eigenvalue weighted by Crippen LogP contribution is -2.58. The zero-order valence-corrected chi connectivity index (χ0v) is 13.5. The summed E-state index contributed by atoms with van der Waals surface area (Å²) in [5.74, 6) is 0. The van der Waals surface area contributed by atoms with E-state index in [9.17, 15) is 8.42 Å². The lowest BCUT2D eigenvalue weighted by Gasteiger charge is -2.46. The first kappa shape index (κ1) is 15.7. The summed E-state index contributed by atoms with van der Waals surface area (Å²) in [5.41, 5.74) is 5.70. The van der Waals surface area contributed by atoms with Gasteiger partial charge >= 0.3 is 0 Å². The molecule has 2 aliphatic heterocycles. The van der Waals surface area contributed by atoms with E-state index in [2.05, 4.69) is 0 Å². The minimum Gasteiger partial charge on any atom is -0.398 e. The number of nitrogens with two attached hydrogens (primary N) is 1. The molecule has 1 unspecified atom stereocenters. The van der Waals surface area contributed by atoms with Crippen LogP contribution in [0.5, 0.6) is 0 Å². The summed E-state index contributed by atoms with van der Waals surface area (Å²) in [5, 5.41) is 0. The fourth-order valence-corrected chi connectivity index (χ4v) is 4.94. The smallest absolute Gasteiger partial charge is 0.245 e. The second-order valence-corrected chi connectivity index (χ2v) is 7.97. The molecular weight excluding hydrogens is 304 g/mol. The Kier molecular flexibility index (Phi) is 4.15. The van der Waals surface area contributed by atoms with Crippen LogP contribution in [0.2, 0.25) is 0 Å². The number of anilines is 1. The molecule has 6 nitrogen and oxygen atoms in total. The fourth-order valence-electron chi connectivity index (χ4n) is 3.23. The summed E-state index contributed by atoms with van der Waals surface area (Å²) in [4.78, 5) is 0.173. The molecule has 0 bridgehead atoms. The predicted molar refractivity (Wildman–Crippen MR) is 82.9 cm³/mol. The van der Waals surface area contributed by atoms with Gasteiger partial charge in [-0.25, -0.2) is 8.42 Å². The molecule has 1 atom stereocenters. The fraction of sp³-hybridized carbons (Fsp3) is 0.600. The molecule has 0 amide bonds. The van der Waals surface area contributed by atoms with Crippen LogP contribution in [0.15, 0.2) is 29.2 Å². The number of morpholine rings is 1. The summed E-state index contributed by atoms with van der Waals surface area (Å²) in [6.07, 6.45) is 1.29. The summed E-state index contributed by atoms with van der Waals surface area (Å²) in [7, 11) is -3.61. The standard InChI is InChI=1S/C15H22N2O4S/c1-12-10-17(11-15(21-12)6-8-20-9-7-15)22(18,19)14-5-3-2-4-13(14)16/h2-5,12H,6-11,16H2,1H3. The van der Waals surface area contributed by atoms with E-state index in [1.54, 1.807) is 24.3 Å². The Morgan fingerprint density at radius 2 is 1.95 bits per heavy atom. The number of nitrogen functional groups attached to an aromatic ring is 1. The molecule has 2 heterocycles. The van der Waals surface area contributed by atoms with E-state index in [1.165, 1.54) is 4.31 Å². The average molecular weight is 326 g/mol. The van der Waals surface area contributed by atoms with Crippen molar-refractivity contribution >= 4 is 15.7 Å². The molecule has 1 spiro atoms. The number of rotatable bonds is 2. The normalized spacial score (nSPS) is 26.1. The molecule has 0 aliphatic carbocycles. The first-order valence-corrected chi connectivity index (χ1v) is 8.97. The van der Waals surface area contributed by atoms with E-state index in [4.69, 9.17) is 15.2 Å². The summed E-state index contributed by atoms with van der Waals surface area (Å²) in [6, 6.07) is 6.59. The number of hydrogen-bond donors (Lipinski definition) is 1. The number of ether oxygens (including phenoxy) is 2. The first-order valence-electron chi connectivity index (χ1n) is 7.53. The maximum atomic E-state index is 12.9. The number of hydrogen-bond acceptors (Lipinski definition) is 5. The van der Waals surface area contributed by atoms with Crippen LogP contribution >= 0.6 is 0 Å². The number of sulfonamides is 1. The largest absolute Gasteiger partial charge is 0.398 e. The Balaban J connectivity index is 1.91. The van der Waals surface area contributed by atoms with Gasteiger partial charge in [-0.05, 0) is 19.1 Å². The Hall–Kier alpha value is -1.15. The predicted octanol–water partition coefficient (Wildman–Crippen LogP) is 1.23. The molecule has 0 saturated carbocycles. The van der Waals surface area contributed by atoms with Crippen LogP contribution in [0.1, 0.15) is 19.8 Å². The van der Waals surface area contributed by atoms with Crippen LogP contribution in [0.3, 0.4) is 0 Å². The van der Waals surface area contributed by atoms with E-state index in [0.29, 0.717) is 39.1 Å². The Labute approximate surface area is 131 Å². The topological polar surface area (TPSA) is 81.9 Å². The highest BCUT2D eigenvalue weighted by Gasteiger charge is 2.44. The molecule has 22 heavy (non-hydrogen) atoms. The first-order chi connectivity index (χ1) is 10.4. The second kappa shape index (κ2) is 5.81. The maximum Gasteiger partial charge on any atom is 0.245 e. The van der Waals surface area contributed by atoms with Crippen LogP contribution in [0.25, 0.3) is 0 Å². The van der Waals surface area contributed by atoms with Crippen molar-refractivity contribution in [3.05, 3.63) is 24.3 Å². The van der Waals surface area contributed by atoms with Crippen LogP contribution in [0, 0.1) is 0 Å². The average Bonchev–Trinajstić information content (AvgIpc) is 2.47. The minimum atomic E-state index is -3.61. The zero-order valence-electron chi connectivity index (χ0n) is 12.7. The van der Waals surface area contributed by atoms with Crippen molar-refractivity contribution in [3.63, 3.8) is 0 Å². The van der Waals surface area contributed by atoms with E-state index < -0.39 is 15.6 Å². The van der Waals surface area contributed by atoms with Crippen molar-refractivity contribution in [3.8, 4) is 0 Å². The number of benzene rings is 1. The molecule has 7 heteroatoms. The van der Waals surface area contributed by atoms with Crippen LogP contribution < -0.4 is 5.73 Å². The molecule has 0 aromatic heterocycles. The Bertz CT molecular complexity index is 641. The van der Waals surface area contributed by atoms with Gasteiger partial charge in [-0.2, -0.15) is 4.31 Å². The number of para-hydroxylation sites is 1. The van der Waals surface area contributed by atoms with E-state index in [-0.39, 0.29) is 16.7 Å². The molecule has 1 aromatic rings. The van der Waals surface area contributed by atoms with Gasteiger partial charge in [0.15, 0.2) is 0 Å². The third-order valence-electron chi connectivity index (χ3n) is 4.32. The van der Waals surface area contributed by atoms with Gasteiger partial charge in [-0.15, -0.1) is 0 Å². The third kappa shape index (κ3) is 2.86. The second-order valence-electron chi connectivity index (χ2n) is 6.06. The van der Waals surface area contributed by atoms with Gasteiger partial charge in [-0.3, -0.25) is 0 Å². The van der Waals surface area contributed by atoms with Gasteiger partial charge < -0.3 is 15.2 Å². The van der Waals surface area contributed by atoms with Gasteiger partial charge in [0.2, 0.25) is 10.0 Å². The third-order valence-corrected chi connectivity index (χ3v) is 6.20. The van der Waals surface area contributed by atoms with Gasteiger partial charge in [0, 0.05) is 39.1 Å². The zero-order chi connectivity index (χ0) is 15.8. The van der Waals surface area contributed by atoms with Crippen molar-refractivity contribution in [2.75, 3.05) is 32.0 Å². The van der Waals surface area contributed by atoms with Crippen LogP contribution in [0.4, 0.5) is 5.69 Å². The summed E-state index contributed by atoms with van der Waals surface area (Å²) < 4.78 is 38.9. The molecule has 2 aliphatic rings. The SMILES string of the molecule is CC1CN(S(=O)(=O)c2ccccc2N)CC2(CCOCC2)O1. The lowest BCUT2D eigenvalue weighted by atomic mass is 9.92. The lowest BCUT2D eigenvalue weighted by molar-refractivity contribution is -0.170. The Morgan fingerprint density at radius 1 is 1.27 bits per heavy atom. The van der Waals surface area contributed by atoms with E-state index in [1.807, 2.05) is 6.92 Å². The summed E-state index contributed by atoms with van der Waals surface area (Å²) in [6.45, 7) is 3.83. The highest BCUT2D eigenvalue weighted by Crippen LogP contribution is 2.34. The highest BCUT2D eigenvalue weighted by molar-refractivity contribution is 7.89. The van der Waals surface area contributed by atoms with Crippen molar-refractivity contribution in [1.29, 1.82) is 0 Å². The Morgan fingerprint density at radius 3 is 2.64 bits per heavy atom. The van der Waals surface area contributed by atoms with Crippen LogP contribution in [-0.2, 0) is 19.5 Å². The van der Waals surface area contributed by atoms with Crippen molar-refractivity contribution in [2.45, 2.75) is 36.4 Å². The quantitative estimate of drug-likeness (QED) is 0.827. The van der Waals surface area contributed by atoms with Crippen molar-refractivity contribution in [2.24, 2.45) is 0 Å². The molecule has 2 saturated heterocycles. The molecule has 2 fully saturated rings. The van der Waals surface area contributed by atoms with Gasteiger partial charge in [0.05, 0.1) is 17.4 Å². The molecule has 2 N–H and O–H groups in total. The number of nitrogens with zero attached hydrogens (tertiary/aromatic N) is 1. The van der Waals surface area contributed by atoms with E-state index >= 15 is 0 Å². The minimum absolute atomic E-state index is 0.147. The molecule has 0 radical (unpaired) electrons. The maximum absolute atomic E-state index is 12.9. The van der Waals surface area contributed by atoms with Crippen molar-refractivity contribution < 1.29 is 17.9 Å². The van der Waals surface area contributed by atoms with Gasteiger partial charge in [0.1, 0.15) is 4.90 Å². The highest BCUT2D eigenvalue weighted by atomic mass is 32.2. The monoisotopic (exact) mass is 326 g/mol. The molecular formula is C15H22N2O4S. The van der Waals surface area contributed by atoms with Gasteiger partial charge in [-0.1, -0.05) is 12.1 Å². The van der Waals surface area contributed by atoms with E-state index in [0.717, 1.165) is 0 Å². The molecule has 3 rings (SSSR count). The molecule has 122 valence electrons. The van der Waals surface area contributed by atoms with Crippen molar-refractivity contribution in [1.82, 2.24) is 4.31 Å².